The van der Waals surface area contributed by atoms with Crippen LogP contribution in [0.3, 0.4) is 0 Å². The van der Waals surface area contributed by atoms with Crippen molar-refractivity contribution in [3.63, 3.8) is 0 Å². The van der Waals surface area contributed by atoms with Gasteiger partial charge in [0.15, 0.2) is 18.2 Å². The van der Waals surface area contributed by atoms with Crippen LogP contribution in [0, 0.1) is 11.6 Å². The summed E-state index contributed by atoms with van der Waals surface area (Å²) in [5.74, 6) is -2.98. The van der Waals surface area contributed by atoms with E-state index in [1.165, 1.54) is 6.07 Å². The third-order valence-corrected chi connectivity index (χ3v) is 3.61. The highest BCUT2D eigenvalue weighted by molar-refractivity contribution is 7.99. The van der Waals surface area contributed by atoms with E-state index in [0.29, 0.717) is 11.4 Å². The van der Waals surface area contributed by atoms with Crippen molar-refractivity contribution < 1.29 is 27.9 Å². The molecule has 9 heteroatoms. The Bertz CT molecular complexity index is 599. The molecule has 0 bridgehead atoms. The van der Waals surface area contributed by atoms with Gasteiger partial charge in [-0.05, 0) is 24.6 Å². The molecule has 0 saturated carbocycles. The highest BCUT2D eigenvalue weighted by atomic mass is 32.2. The molecule has 2 N–H and O–H groups in total. The van der Waals surface area contributed by atoms with Crippen LogP contribution in [0.1, 0.15) is 19.8 Å². The Kier molecular flexibility index (Phi) is 8.77. The summed E-state index contributed by atoms with van der Waals surface area (Å²) in [6.45, 7) is 1.73. The Hall–Kier alpha value is -2.16. The van der Waals surface area contributed by atoms with E-state index in [0.717, 1.165) is 30.3 Å². The van der Waals surface area contributed by atoms with Crippen LogP contribution < -0.4 is 10.6 Å². The molecule has 0 spiro atoms. The normalized spacial score (nSPS) is 10.1. The van der Waals surface area contributed by atoms with Crippen LogP contribution in [-0.4, -0.2) is 36.8 Å². The number of esters is 1. The van der Waals surface area contributed by atoms with Crippen LogP contribution in [0.4, 0.5) is 13.6 Å². The standard InChI is InChI=1S/C15H18F2N2O4S/c1-2-6-18-15(22)19-13(20)9-23-14(21)5-7-24-10-3-4-11(16)12(17)8-10/h3-4,8H,2,5-7,9H2,1H3,(H2,18,19,20,22). The summed E-state index contributed by atoms with van der Waals surface area (Å²) in [5, 5.41) is 4.45. The first-order valence-electron chi connectivity index (χ1n) is 7.23. The Morgan fingerprint density at radius 1 is 1.21 bits per heavy atom. The van der Waals surface area contributed by atoms with Crippen LogP contribution in [0.2, 0.25) is 0 Å². The van der Waals surface area contributed by atoms with Gasteiger partial charge >= 0.3 is 12.0 Å². The van der Waals surface area contributed by atoms with E-state index in [-0.39, 0.29) is 12.2 Å². The second-order valence-electron chi connectivity index (χ2n) is 4.64. The molecule has 1 aromatic carbocycles. The number of benzene rings is 1. The number of imide groups is 1. The van der Waals surface area contributed by atoms with Crippen LogP contribution >= 0.6 is 11.8 Å². The Morgan fingerprint density at radius 2 is 1.96 bits per heavy atom. The van der Waals surface area contributed by atoms with Crippen molar-refractivity contribution in [2.75, 3.05) is 18.9 Å². The zero-order valence-corrected chi connectivity index (χ0v) is 13.9. The van der Waals surface area contributed by atoms with Gasteiger partial charge in [0, 0.05) is 17.2 Å². The van der Waals surface area contributed by atoms with Gasteiger partial charge in [0.2, 0.25) is 0 Å². The van der Waals surface area contributed by atoms with E-state index in [1.54, 1.807) is 0 Å². The third kappa shape index (κ3) is 7.91. The van der Waals surface area contributed by atoms with Crippen molar-refractivity contribution >= 4 is 29.7 Å². The number of ether oxygens (including phenoxy) is 1. The number of nitrogens with one attached hydrogen (secondary N) is 2. The number of rotatable bonds is 8. The molecular formula is C15H18F2N2O4S. The van der Waals surface area contributed by atoms with Crippen molar-refractivity contribution in [1.29, 1.82) is 0 Å². The second-order valence-corrected chi connectivity index (χ2v) is 5.81. The van der Waals surface area contributed by atoms with Gasteiger partial charge in [-0.2, -0.15) is 0 Å². The molecule has 0 unspecified atom stereocenters. The van der Waals surface area contributed by atoms with Gasteiger partial charge in [-0.25, -0.2) is 13.6 Å². The first-order chi connectivity index (χ1) is 11.4. The third-order valence-electron chi connectivity index (χ3n) is 2.62. The van der Waals surface area contributed by atoms with Gasteiger partial charge < -0.3 is 10.1 Å². The number of hydrogen-bond acceptors (Lipinski definition) is 5. The average Bonchev–Trinajstić information content (AvgIpc) is 2.54. The molecule has 24 heavy (non-hydrogen) atoms. The van der Waals surface area contributed by atoms with Crippen molar-refractivity contribution in [2.45, 2.75) is 24.7 Å². The Labute approximate surface area is 142 Å². The van der Waals surface area contributed by atoms with E-state index < -0.39 is 36.1 Å². The molecule has 0 radical (unpaired) electrons. The van der Waals surface area contributed by atoms with Crippen LogP contribution in [0.25, 0.3) is 0 Å². The summed E-state index contributed by atoms with van der Waals surface area (Å²) in [6, 6.07) is 2.79. The molecule has 0 fully saturated rings. The minimum atomic E-state index is -0.958. The number of hydrogen-bond donors (Lipinski definition) is 2. The molecule has 132 valence electrons. The van der Waals surface area contributed by atoms with Crippen molar-refractivity contribution in [1.82, 2.24) is 10.6 Å². The summed E-state index contributed by atoms with van der Waals surface area (Å²) in [7, 11) is 0. The molecule has 0 aliphatic carbocycles. The molecule has 0 aromatic heterocycles. The minimum absolute atomic E-state index is 0.0149. The molecular weight excluding hydrogens is 342 g/mol. The maximum Gasteiger partial charge on any atom is 0.321 e. The SMILES string of the molecule is CCCNC(=O)NC(=O)COC(=O)CCSc1ccc(F)c(F)c1. The van der Waals surface area contributed by atoms with E-state index in [9.17, 15) is 23.2 Å². The molecule has 3 amide bonds. The fraction of sp³-hybridized carbons (Fsp3) is 0.400. The first kappa shape index (κ1) is 19.9. The Balaban J connectivity index is 2.20. The summed E-state index contributed by atoms with van der Waals surface area (Å²) < 4.78 is 30.5. The van der Waals surface area contributed by atoms with Gasteiger partial charge in [-0.3, -0.25) is 14.9 Å². The minimum Gasteiger partial charge on any atom is -0.456 e. The highest BCUT2D eigenvalue weighted by Gasteiger charge is 2.11. The summed E-state index contributed by atoms with van der Waals surface area (Å²) in [5.41, 5.74) is 0. The molecule has 0 aliphatic rings. The van der Waals surface area contributed by atoms with Crippen LogP contribution in [0.15, 0.2) is 23.1 Å². The lowest BCUT2D eigenvalue weighted by Gasteiger charge is -2.07. The monoisotopic (exact) mass is 360 g/mol. The van der Waals surface area contributed by atoms with Crippen LogP contribution in [0.5, 0.6) is 0 Å². The number of carbonyl (C=O) groups is 3. The van der Waals surface area contributed by atoms with Gasteiger partial charge in [-0.15, -0.1) is 11.8 Å². The molecule has 0 atom stereocenters. The molecule has 0 heterocycles. The highest BCUT2D eigenvalue weighted by Crippen LogP contribution is 2.21. The largest absolute Gasteiger partial charge is 0.456 e. The summed E-state index contributed by atoms with van der Waals surface area (Å²) in [4.78, 5) is 34.5. The lowest BCUT2D eigenvalue weighted by molar-refractivity contribution is -0.147. The maximum atomic E-state index is 13.0. The molecule has 0 saturated heterocycles. The zero-order valence-electron chi connectivity index (χ0n) is 13.1. The smallest absolute Gasteiger partial charge is 0.321 e. The predicted octanol–water partition coefficient (Wildman–Crippen LogP) is 2.23. The number of halogens is 2. The summed E-state index contributed by atoms with van der Waals surface area (Å²) in [6.07, 6.45) is 0.713. The lowest BCUT2D eigenvalue weighted by atomic mass is 10.3. The summed E-state index contributed by atoms with van der Waals surface area (Å²) >= 11 is 1.15. The van der Waals surface area contributed by atoms with E-state index in [2.05, 4.69) is 5.32 Å². The fourth-order valence-electron chi connectivity index (χ4n) is 1.48. The van der Waals surface area contributed by atoms with Gasteiger partial charge in [0.25, 0.3) is 5.91 Å². The second kappa shape index (κ2) is 10.6. The van der Waals surface area contributed by atoms with Gasteiger partial charge in [0.05, 0.1) is 6.42 Å². The molecule has 1 aromatic rings. The van der Waals surface area contributed by atoms with E-state index in [1.807, 2.05) is 12.2 Å². The van der Waals surface area contributed by atoms with Crippen molar-refractivity contribution in [2.24, 2.45) is 0 Å². The predicted molar refractivity (Wildman–Crippen MR) is 84.5 cm³/mol. The van der Waals surface area contributed by atoms with Crippen molar-refractivity contribution in [3.8, 4) is 0 Å². The number of urea groups is 1. The van der Waals surface area contributed by atoms with E-state index in [4.69, 9.17) is 4.74 Å². The number of thioether (sulfide) groups is 1. The molecule has 0 aliphatic heterocycles. The van der Waals surface area contributed by atoms with E-state index >= 15 is 0 Å². The first-order valence-corrected chi connectivity index (χ1v) is 8.22. The van der Waals surface area contributed by atoms with Gasteiger partial charge in [0.1, 0.15) is 0 Å². The Morgan fingerprint density at radius 3 is 2.62 bits per heavy atom. The maximum absolute atomic E-state index is 13.0. The molecule has 1 rings (SSSR count). The quantitative estimate of drug-likeness (QED) is 0.549. The van der Waals surface area contributed by atoms with Gasteiger partial charge in [-0.1, -0.05) is 6.92 Å². The van der Waals surface area contributed by atoms with Crippen molar-refractivity contribution in [3.05, 3.63) is 29.8 Å². The molecule has 6 nitrogen and oxygen atoms in total. The fourth-order valence-corrected chi connectivity index (χ4v) is 2.34. The average molecular weight is 360 g/mol. The topological polar surface area (TPSA) is 84.5 Å². The zero-order chi connectivity index (χ0) is 17.9. The number of amides is 3. The number of carbonyl (C=O) groups excluding carboxylic acids is 3. The van der Waals surface area contributed by atoms with Crippen LogP contribution in [-0.2, 0) is 14.3 Å². The lowest BCUT2D eigenvalue weighted by Crippen LogP contribution is -2.41.